The van der Waals surface area contributed by atoms with Crippen LogP contribution in [0.2, 0.25) is 0 Å². The Morgan fingerprint density at radius 1 is 1.33 bits per heavy atom. The van der Waals surface area contributed by atoms with Crippen LogP contribution >= 0.6 is 0 Å². The van der Waals surface area contributed by atoms with E-state index >= 15 is 0 Å². The van der Waals surface area contributed by atoms with Gasteiger partial charge in [0.05, 0.1) is 6.54 Å². The van der Waals surface area contributed by atoms with Crippen molar-refractivity contribution in [2.75, 3.05) is 13.1 Å². The summed E-state index contributed by atoms with van der Waals surface area (Å²) in [4.78, 5) is 13.2. The monoisotopic (exact) mass is 208 g/mol. The molecule has 15 heavy (non-hydrogen) atoms. The zero-order valence-corrected chi connectivity index (χ0v) is 8.74. The first kappa shape index (κ1) is 10.2. The summed E-state index contributed by atoms with van der Waals surface area (Å²) < 4.78 is 5.33. The normalized spacial score (nSPS) is 17.9. The quantitative estimate of drug-likeness (QED) is 0.816. The molecule has 4 nitrogen and oxygen atoms in total. The maximum atomic E-state index is 10.8. The fraction of sp³-hybridized carbons (Fsp3) is 0.545. The molecule has 82 valence electrons. The second-order valence-electron chi connectivity index (χ2n) is 3.97. The van der Waals surface area contributed by atoms with Crippen LogP contribution < -0.4 is 5.73 Å². The maximum Gasteiger partial charge on any atom is 0.284 e. The fourth-order valence-corrected chi connectivity index (χ4v) is 1.93. The average Bonchev–Trinajstić information content (AvgIpc) is 2.68. The van der Waals surface area contributed by atoms with Crippen LogP contribution in [0.3, 0.4) is 0 Å². The van der Waals surface area contributed by atoms with Gasteiger partial charge in [0.2, 0.25) is 0 Å². The molecule has 0 atom stereocenters. The molecule has 2 heterocycles. The number of nitrogens with zero attached hydrogens (tertiary/aromatic N) is 1. The molecule has 1 saturated heterocycles. The number of likely N-dealkylation sites (tertiary alicyclic amines) is 1. The molecule has 0 aromatic carbocycles. The standard InChI is InChI=1S/C11H16N2O2/c12-11(14)10-5-4-9(15-10)8-13-6-2-1-3-7-13/h4-5H,1-3,6-8H2,(H2,12,14). The third kappa shape index (κ3) is 2.59. The third-order valence-corrected chi connectivity index (χ3v) is 2.73. The Hall–Kier alpha value is -1.29. The first-order valence-corrected chi connectivity index (χ1v) is 5.36. The lowest BCUT2D eigenvalue weighted by molar-refractivity contribution is 0.0969. The first-order chi connectivity index (χ1) is 7.25. The molecule has 2 N–H and O–H groups in total. The van der Waals surface area contributed by atoms with E-state index in [0.29, 0.717) is 0 Å². The molecule has 1 aliphatic heterocycles. The Balaban J connectivity index is 1.94. The van der Waals surface area contributed by atoms with Gasteiger partial charge in [-0.05, 0) is 38.1 Å². The van der Waals surface area contributed by atoms with E-state index in [1.165, 1.54) is 19.3 Å². The van der Waals surface area contributed by atoms with Crippen molar-refractivity contribution in [1.29, 1.82) is 0 Å². The predicted octanol–water partition coefficient (Wildman–Crippen LogP) is 1.36. The number of nitrogens with two attached hydrogens (primary N) is 1. The summed E-state index contributed by atoms with van der Waals surface area (Å²) in [7, 11) is 0. The lowest BCUT2D eigenvalue weighted by Crippen LogP contribution is -2.28. The van der Waals surface area contributed by atoms with E-state index in [4.69, 9.17) is 10.2 Å². The van der Waals surface area contributed by atoms with Gasteiger partial charge in [-0.15, -0.1) is 0 Å². The third-order valence-electron chi connectivity index (χ3n) is 2.73. The van der Waals surface area contributed by atoms with E-state index in [-0.39, 0.29) is 5.76 Å². The predicted molar refractivity (Wildman–Crippen MR) is 56.4 cm³/mol. The van der Waals surface area contributed by atoms with Crippen LogP contribution in [0.5, 0.6) is 0 Å². The molecule has 1 fully saturated rings. The van der Waals surface area contributed by atoms with E-state index < -0.39 is 5.91 Å². The van der Waals surface area contributed by atoms with Crippen molar-refractivity contribution < 1.29 is 9.21 Å². The molecule has 1 aromatic rings. The molecule has 1 amide bonds. The van der Waals surface area contributed by atoms with Gasteiger partial charge in [0, 0.05) is 0 Å². The van der Waals surface area contributed by atoms with Crippen molar-refractivity contribution in [2.45, 2.75) is 25.8 Å². The number of hydrogen-bond acceptors (Lipinski definition) is 3. The van der Waals surface area contributed by atoms with E-state index in [0.717, 1.165) is 25.4 Å². The molecular formula is C11H16N2O2. The summed E-state index contributed by atoms with van der Waals surface area (Å²) in [6.45, 7) is 3.02. The Bertz CT molecular complexity index is 340. The Morgan fingerprint density at radius 2 is 2.07 bits per heavy atom. The van der Waals surface area contributed by atoms with Crippen molar-refractivity contribution in [3.05, 3.63) is 23.7 Å². The SMILES string of the molecule is NC(=O)c1ccc(CN2CCCCC2)o1. The molecule has 4 heteroatoms. The van der Waals surface area contributed by atoms with E-state index in [1.807, 2.05) is 6.07 Å². The van der Waals surface area contributed by atoms with Crippen molar-refractivity contribution in [3.8, 4) is 0 Å². The van der Waals surface area contributed by atoms with E-state index in [1.54, 1.807) is 6.07 Å². The molecule has 0 bridgehead atoms. The number of furan rings is 1. The van der Waals surface area contributed by atoms with Crippen LogP contribution in [0.25, 0.3) is 0 Å². The van der Waals surface area contributed by atoms with Gasteiger partial charge in [0.15, 0.2) is 5.76 Å². The summed E-state index contributed by atoms with van der Waals surface area (Å²) in [5.74, 6) is 0.576. The van der Waals surface area contributed by atoms with Gasteiger partial charge in [-0.3, -0.25) is 9.69 Å². The van der Waals surface area contributed by atoms with Gasteiger partial charge < -0.3 is 10.2 Å². The van der Waals surface area contributed by atoms with Crippen molar-refractivity contribution in [2.24, 2.45) is 5.73 Å². The number of amides is 1. The van der Waals surface area contributed by atoms with Crippen LogP contribution in [0.4, 0.5) is 0 Å². The first-order valence-electron chi connectivity index (χ1n) is 5.36. The number of piperidine rings is 1. The van der Waals surface area contributed by atoms with E-state index in [9.17, 15) is 4.79 Å². The minimum absolute atomic E-state index is 0.252. The molecule has 0 saturated carbocycles. The Kier molecular flexibility index (Phi) is 3.06. The maximum absolute atomic E-state index is 10.8. The number of rotatable bonds is 3. The number of carbonyl (C=O) groups is 1. The van der Waals surface area contributed by atoms with Crippen LogP contribution in [0, 0.1) is 0 Å². The lowest BCUT2D eigenvalue weighted by atomic mass is 10.1. The van der Waals surface area contributed by atoms with Gasteiger partial charge in [0.25, 0.3) is 5.91 Å². The zero-order valence-electron chi connectivity index (χ0n) is 8.74. The largest absolute Gasteiger partial charge is 0.455 e. The van der Waals surface area contributed by atoms with Crippen molar-refractivity contribution in [3.63, 3.8) is 0 Å². The van der Waals surface area contributed by atoms with Gasteiger partial charge in [0.1, 0.15) is 5.76 Å². The van der Waals surface area contributed by atoms with E-state index in [2.05, 4.69) is 4.90 Å². The second-order valence-corrected chi connectivity index (χ2v) is 3.97. The fourth-order valence-electron chi connectivity index (χ4n) is 1.93. The number of primary amides is 1. The molecule has 0 radical (unpaired) electrons. The lowest BCUT2D eigenvalue weighted by Gasteiger charge is -2.25. The summed E-state index contributed by atoms with van der Waals surface area (Å²) >= 11 is 0. The summed E-state index contributed by atoms with van der Waals surface area (Å²) in [6, 6.07) is 3.47. The topological polar surface area (TPSA) is 59.5 Å². The van der Waals surface area contributed by atoms with Crippen LogP contribution in [0.15, 0.2) is 16.5 Å². The van der Waals surface area contributed by atoms with Crippen LogP contribution in [-0.4, -0.2) is 23.9 Å². The number of hydrogen-bond donors (Lipinski definition) is 1. The van der Waals surface area contributed by atoms with Gasteiger partial charge in [-0.25, -0.2) is 0 Å². The molecule has 0 spiro atoms. The summed E-state index contributed by atoms with van der Waals surface area (Å²) in [5, 5.41) is 0. The zero-order chi connectivity index (χ0) is 10.7. The van der Waals surface area contributed by atoms with Gasteiger partial charge in [-0.2, -0.15) is 0 Å². The van der Waals surface area contributed by atoms with Crippen molar-refractivity contribution >= 4 is 5.91 Å². The smallest absolute Gasteiger partial charge is 0.284 e. The van der Waals surface area contributed by atoms with Crippen molar-refractivity contribution in [1.82, 2.24) is 4.90 Å². The highest BCUT2D eigenvalue weighted by Crippen LogP contribution is 2.14. The summed E-state index contributed by atoms with van der Waals surface area (Å²) in [6.07, 6.45) is 3.83. The molecule has 2 rings (SSSR count). The number of carbonyl (C=O) groups excluding carboxylic acids is 1. The average molecular weight is 208 g/mol. The Morgan fingerprint density at radius 3 is 2.67 bits per heavy atom. The molecule has 0 aliphatic carbocycles. The highest BCUT2D eigenvalue weighted by Gasteiger charge is 2.13. The second kappa shape index (κ2) is 4.49. The van der Waals surface area contributed by atoms with Gasteiger partial charge >= 0.3 is 0 Å². The van der Waals surface area contributed by atoms with Crippen LogP contribution in [-0.2, 0) is 6.54 Å². The minimum atomic E-state index is -0.500. The molecule has 0 unspecified atom stereocenters. The summed E-state index contributed by atoms with van der Waals surface area (Å²) in [5.41, 5.74) is 5.11. The van der Waals surface area contributed by atoms with Gasteiger partial charge in [-0.1, -0.05) is 6.42 Å². The minimum Gasteiger partial charge on any atom is -0.455 e. The molecular weight excluding hydrogens is 192 g/mol. The highest BCUT2D eigenvalue weighted by atomic mass is 16.4. The van der Waals surface area contributed by atoms with Crippen LogP contribution in [0.1, 0.15) is 35.6 Å². The molecule has 1 aliphatic rings. The highest BCUT2D eigenvalue weighted by molar-refractivity contribution is 5.89. The Labute approximate surface area is 89.0 Å². The molecule has 1 aromatic heterocycles.